The highest BCUT2D eigenvalue weighted by atomic mass is 16.4. The Balaban J connectivity index is 2.07. The van der Waals surface area contributed by atoms with Gasteiger partial charge in [-0.3, -0.25) is 5.43 Å². The van der Waals surface area contributed by atoms with Crippen LogP contribution in [0.2, 0.25) is 0 Å². The normalized spacial score (nSPS) is 12.2. The fourth-order valence-corrected chi connectivity index (χ4v) is 1.64. The first-order valence-corrected chi connectivity index (χ1v) is 5.89. The highest BCUT2D eigenvalue weighted by Crippen LogP contribution is 2.12. The molecule has 4 nitrogen and oxygen atoms in total. The van der Waals surface area contributed by atoms with Gasteiger partial charge in [0, 0.05) is 0 Å². The Morgan fingerprint density at radius 1 is 1.05 bits per heavy atom. The molecule has 0 saturated carbocycles. The van der Waals surface area contributed by atoms with Gasteiger partial charge in [0.25, 0.3) is 0 Å². The van der Waals surface area contributed by atoms with Crippen molar-refractivity contribution < 1.29 is 9.90 Å². The summed E-state index contributed by atoms with van der Waals surface area (Å²) in [6.07, 6.45) is 1.60. The van der Waals surface area contributed by atoms with Crippen LogP contribution in [0.3, 0.4) is 0 Å². The molecule has 96 valence electrons. The fourth-order valence-electron chi connectivity index (χ4n) is 1.64. The van der Waals surface area contributed by atoms with E-state index in [0.717, 1.165) is 5.56 Å². The van der Waals surface area contributed by atoms with Gasteiger partial charge in [-0.25, -0.2) is 4.79 Å². The molecule has 1 unspecified atom stereocenters. The maximum atomic E-state index is 11.2. The van der Waals surface area contributed by atoms with Gasteiger partial charge in [-0.15, -0.1) is 0 Å². The van der Waals surface area contributed by atoms with Crippen LogP contribution in [0, 0.1) is 0 Å². The third kappa shape index (κ3) is 3.67. The van der Waals surface area contributed by atoms with E-state index in [0.29, 0.717) is 5.56 Å². The lowest BCUT2D eigenvalue weighted by molar-refractivity contribution is -0.139. The summed E-state index contributed by atoms with van der Waals surface area (Å²) in [6, 6.07) is 17.6. The van der Waals surface area contributed by atoms with Crippen molar-refractivity contribution in [3.8, 4) is 0 Å². The Labute approximate surface area is 111 Å². The van der Waals surface area contributed by atoms with Crippen LogP contribution in [0.4, 0.5) is 0 Å². The van der Waals surface area contributed by atoms with Crippen LogP contribution >= 0.6 is 0 Å². The van der Waals surface area contributed by atoms with Gasteiger partial charge in [0.2, 0.25) is 0 Å². The molecule has 0 saturated heterocycles. The van der Waals surface area contributed by atoms with E-state index in [1.54, 1.807) is 30.5 Å². The first-order chi connectivity index (χ1) is 9.27. The van der Waals surface area contributed by atoms with Gasteiger partial charge in [0.05, 0.1) is 6.21 Å². The van der Waals surface area contributed by atoms with E-state index >= 15 is 0 Å². The molecule has 0 bridgehead atoms. The molecule has 0 heterocycles. The second-order valence-corrected chi connectivity index (χ2v) is 3.98. The lowest BCUT2D eigenvalue weighted by Gasteiger charge is -2.11. The summed E-state index contributed by atoms with van der Waals surface area (Å²) in [5.74, 6) is -0.962. The maximum Gasteiger partial charge on any atom is 0.332 e. The molecule has 0 aliphatic rings. The van der Waals surface area contributed by atoms with Gasteiger partial charge in [0.1, 0.15) is 0 Å². The van der Waals surface area contributed by atoms with E-state index in [2.05, 4.69) is 10.5 Å². The second kappa shape index (κ2) is 6.35. The Kier molecular flexibility index (Phi) is 4.29. The highest BCUT2D eigenvalue weighted by Gasteiger charge is 2.17. The van der Waals surface area contributed by atoms with Crippen LogP contribution in [-0.2, 0) is 4.79 Å². The van der Waals surface area contributed by atoms with E-state index in [9.17, 15) is 9.90 Å². The fraction of sp³-hybridized carbons (Fsp3) is 0.0667. The average molecular weight is 254 g/mol. The molecular weight excluding hydrogens is 240 g/mol. The lowest BCUT2D eigenvalue weighted by Crippen LogP contribution is -2.24. The summed E-state index contributed by atoms with van der Waals surface area (Å²) in [4.78, 5) is 11.2. The van der Waals surface area contributed by atoms with Crippen LogP contribution in [0.5, 0.6) is 0 Å². The molecule has 0 aliphatic carbocycles. The summed E-state index contributed by atoms with van der Waals surface area (Å²) < 4.78 is 0. The smallest absolute Gasteiger partial charge is 0.332 e. The minimum Gasteiger partial charge on any atom is -0.479 e. The number of aliphatic carboxylic acids is 1. The molecule has 19 heavy (non-hydrogen) atoms. The molecule has 2 aromatic rings. The summed E-state index contributed by atoms with van der Waals surface area (Å²) in [5, 5.41) is 13.2. The number of hydrogen-bond acceptors (Lipinski definition) is 3. The van der Waals surface area contributed by atoms with Gasteiger partial charge in [-0.2, -0.15) is 5.10 Å². The Hall–Kier alpha value is -2.62. The summed E-state index contributed by atoms with van der Waals surface area (Å²) >= 11 is 0. The predicted molar refractivity (Wildman–Crippen MR) is 74.0 cm³/mol. The van der Waals surface area contributed by atoms with Crippen LogP contribution in [0.25, 0.3) is 0 Å². The minimum absolute atomic E-state index is 0.667. The molecule has 2 aromatic carbocycles. The van der Waals surface area contributed by atoms with E-state index in [-0.39, 0.29) is 0 Å². The van der Waals surface area contributed by atoms with Crippen LogP contribution in [0.1, 0.15) is 17.2 Å². The molecule has 0 spiro atoms. The number of carbonyl (C=O) groups is 1. The van der Waals surface area contributed by atoms with Crippen molar-refractivity contribution in [2.24, 2.45) is 5.10 Å². The third-order valence-electron chi connectivity index (χ3n) is 2.60. The zero-order valence-electron chi connectivity index (χ0n) is 10.2. The molecule has 0 aliphatic heterocycles. The van der Waals surface area contributed by atoms with Gasteiger partial charge >= 0.3 is 5.97 Å². The number of carboxylic acid groups (broad SMARTS) is 1. The number of nitrogens with one attached hydrogen (secondary N) is 1. The molecule has 0 fully saturated rings. The zero-order valence-corrected chi connectivity index (χ0v) is 10.2. The summed E-state index contributed by atoms with van der Waals surface area (Å²) in [7, 11) is 0. The van der Waals surface area contributed by atoms with Gasteiger partial charge in [-0.1, -0.05) is 60.7 Å². The van der Waals surface area contributed by atoms with Gasteiger partial charge in [-0.05, 0) is 11.1 Å². The molecule has 0 amide bonds. The van der Waals surface area contributed by atoms with Crippen LogP contribution in [-0.4, -0.2) is 17.3 Å². The van der Waals surface area contributed by atoms with Crippen molar-refractivity contribution in [2.45, 2.75) is 6.04 Å². The lowest BCUT2D eigenvalue weighted by atomic mass is 10.1. The van der Waals surface area contributed by atoms with Crippen molar-refractivity contribution >= 4 is 12.2 Å². The number of rotatable bonds is 5. The number of nitrogens with zero attached hydrogens (tertiary/aromatic N) is 1. The Morgan fingerprint density at radius 2 is 1.63 bits per heavy atom. The monoisotopic (exact) mass is 254 g/mol. The van der Waals surface area contributed by atoms with Crippen molar-refractivity contribution in [1.29, 1.82) is 0 Å². The second-order valence-electron chi connectivity index (χ2n) is 3.98. The van der Waals surface area contributed by atoms with E-state index in [4.69, 9.17) is 0 Å². The first kappa shape index (κ1) is 12.8. The van der Waals surface area contributed by atoms with E-state index in [1.165, 1.54) is 0 Å². The standard InChI is InChI=1S/C15H14N2O2/c18-15(19)14(13-9-5-2-6-10-13)17-16-11-12-7-3-1-4-8-12/h1-11,14,17H,(H,18,19)/b16-11+. The summed E-state index contributed by atoms with van der Waals surface area (Å²) in [6.45, 7) is 0. The molecule has 0 radical (unpaired) electrons. The van der Waals surface area contributed by atoms with Crippen LogP contribution in [0.15, 0.2) is 65.8 Å². The minimum atomic E-state index is -0.962. The SMILES string of the molecule is O=C(O)C(N/N=C/c1ccccc1)c1ccccc1. The molecule has 2 N–H and O–H groups in total. The Bertz CT molecular complexity index is 553. The third-order valence-corrected chi connectivity index (χ3v) is 2.60. The maximum absolute atomic E-state index is 11.2. The predicted octanol–water partition coefficient (Wildman–Crippen LogP) is 2.44. The average Bonchev–Trinajstić information content (AvgIpc) is 2.45. The number of hydrogen-bond donors (Lipinski definition) is 2. The van der Waals surface area contributed by atoms with Crippen molar-refractivity contribution in [3.05, 3.63) is 71.8 Å². The topological polar surface area (TPSA) is 61.7 Å². The molecular formula is C15H14N2O2. The highest BCUT2D eigenvalue weighted by molar-refractivity contribution is 5.80. The van der Waals surface area contributed by atoms with Gasteiger partial charge < -0.3 is 5.11 Å². The number of benzene rings is 2. The zero-order chi connectivity index (χ0) is 13.5. The number of carboxylic acids is 1. The molecule has 4 heteroatoms. The number of hydrazone groups is 1. The van der Waals surface area contributed by atoms with E-state index < -0.39 is 12.0 Å². The Morgan fingerprint density at radius 3 is 2.21 bits per heavy atom. The van der Waals surface area contributed by atoms with E-state index in [1.807, 2.05) is 36.4 Å². The van der Waals surface area contributed by atoms with Gasteiger partial charge in [0.15, 0.2) is 6.04 Å². The van der Waals surface area contributed by atoms with Crippen molar-refractivity contribution in [1.82, 2.24) is 5.43 Å². The molecule has 1 atom stereocenters. The largest absolute Gasteiger partial charge is 0.479 e. The van der Waals surface area contributed by atoms with Crippen molar-refractivity contribution in [3.63, 3.8) is 0 Å². The van der Waals surface area contributed by atoms with Crippen LogP contribution < -0.4 is 5.43 Å². The summed E-state index contributed by atoms with van der Waals surface area (Å²) in [5.41, 5.74) is 4.23. The first-order valence-electron chi connectivity index (χ1n) is 5.89. The quantitative estimate of drug-likeness (QED) is 0.636. The van der Waals surface area contributed by atoms with Crippen molar-refractivity contribution in [2.75, 3.05) is 0 Å². The molecule has 0 aromatic heterocycles. The molecule has 2 rings (SSSR count).